The van der Waals surface area contributed by atoms with Crippen LogP contribution in [0.5, 0.6) is 5.75 Å². The van der Waals surface area contributed by atoms with Crippen LogP contribution in [-0.4, -0.2) is 16.1 Å². The van der Waals surface area contributed by atoms with E-state index in [0.29, 0.717) is 0 Å². The molecule has 8 heteroatoms. The minimum atomic E-state index is -1.18. The lowest BCUT2D eigenvalue weighted by Crippen LogP contribution is -2.30. The minimum absolute atomic E-state index is 0.178. The number of nitrogens with two attached hydrogens (primary N) is 1. The lowest BCUT2D eigenvalue weighted by atomic mass is 10.2. The van der Waals surface area contributed by atoms with Crippen LogP contribution in [0.3, 0.4) is 0 Å². The van der Waals surface area contributed by atoms with E-state index in [2.05, 4.69) is 4.98 Å². The summed E-state index contributed by atoms with van der Waals surface area (Å²) in [5, 5.41) is 19.0. The standard InChI is InChI=1S/C7H6O3.C4H4FN3O/c8-6-4-2-1-3-5(6)7(9)10;5-2-1-7-4(9)8-3(2)6/h1-4,8H,(H,9,10);1H,(H3,6,7,8,9). The van der Waals surface area contributed by atoms with Gasteiger partial charge in [-0.1, -0.05) is 23.9 Å². The van der Waals surface area contributed by atoms with Gasteiger partial charge in [0.05, 0.1) is 5.56 Å². The number of aromatic carboxylic acids is 1. The van der Waals surface area contributed by atoms with Crippen LogP contribution in [0.1, 0.15) is 10.4 Å². The summed E-state index contributed by atoms with van der Waals surface area (Å²) in [5.41, 5.74) is 4.27. The highest BCUT2D eigenvalue weighted by molar-refractivity contribution is 5.90. The van der Waals surface area contributed by atoms with Gasteiger partial charge in [0.15, 0.2) is 0 Å². The third-order valence-electron chi connectivity index (χ3n) is 1.95. The molecule has 0 saturated carbocycles. The Hall–Kier alpha value is -2.90. The number of carboxylic acids is 1. The Morgan fingerprint density at radius 3 is 2.47 bits per heavy atom. The predicted octanol–water partition coefficient (Wildman–Crippen LogP) is -0.631. The zero-order chi connectivity index (χ0) is 14.4. The number of carboxylic acid groups (broad SMARTS) is 1. The SMILES string of the molecule is Nc1[nH]c(=O)[nH+]cc1F.O=C(O)c1ccccc1[O-]. The Bertz CT molecular complexity index is 642. The number of H-pyrrole nitrogens is 2. The molecule has 100 valence electrons. The third-order valence-corrected chi connectivity index (χ3v) is 1.95. The second-order valence-corrected chi connectivity index (χ2v) is 3.31. The lowest BCUT2D eigenvalue weighted by molar-refractivity contribution is -0.404. The molecule has 0 atom stereocenters. The molecule has 5 N–H and O–H groups in total. The topological polar surface area (TPSA) is 133 Å². The van der Waals surface area contributed by atoms with Gasteiger partial charge in [-0.2, -0.15) is 14.2 Å². The van der Waals surface area contributed by atoms with Crippen molar-refractivity contribution in [3.63, 3.8) is 0 Å². The summed E-state index contributed by atoms with van der Waals surface area (Å²) in [6, 6.07) is 5.54. The van der Waals surface area contributed by atoms with Crippen molar-refractivity contribution in [2.75, 3.05) is 5.73 Å². The second-order valence-electron chi connectivity index (χ2n) is 3.31. The Labute approximate surface area is 106 Å². The van der Waals surface area contributed by atoms with Crippen molar-refractivity contribution in [2.24, 2.45) is 0 Å². The molecule has 1 aromatic heterocycles. The number of anilines is 1. The Kier molecular flexibility index (Phi) is 4.58. The average Bonchev–Trinajstić information content (AvgIpc) is 2.35. The molecule has 0 amide bonds. The quantitative estimate of drug-likeness (QED) is 0.632. The van der Waals surface area contributed by atoms with Crippen LogP contribution in [0.4, 0.5) is 10.2 Å². The molecule has 1 aromatic carbocycles. The molecule has 0 bridgehead atoms. The van der Waals surface area contributed by atoms with E-state index in [9.17, 15) is 19.1 Å². The number of carbonyl (C=O) groups is 1. The maximum atomic E-state index is 12.2. The zero-order valence-electron chi connectivity index (χ0n) is 9.51. The van der Waals surface area contributed by atoms with Gasteiger partial charge in [-0.3, -0.25) is 0 Å². The molecule has 0 aliphatic rings. The molecule has 0 aliphatic heterocycles. The van der Waals surface area contributed by atoms with E-state index in [1.165, 1.54) is 24.3 Å². The van der Waals surface area contributed by atoms with Crippen molar-refractivity contribution in [1.29, 1.82) is 0 Å². The number of hydrogen-bond acceptors (Lipinski definition) is 4. The van der Waals surface area contributed by atoms with E-state index in [1.54, 1.807) is 0 Å². The summed E-state index contributed by atoms with van der Waals surface area (Å²) in [6.07, 6.45) is 0.897. The van der Waals surface area contributed by atoms with Crippen LogP contribution in [0.25, 0.3) is 0 Å². The van der Waals surface area contributed by atoms with Crippen LogP contribution < -0.4 is 21.5 Å². The van der Waals surface area contributed by atoms with Gasteiger partial charge in [0.1, 0.15) is 6.20 Å². The molecule has 0 aliphatic carbocycles. The maximum Gasteiger partial charge on any atom is 0.495 e. The number of rotatable bonds is 1. The highest BCUT2D eigenvalue weighted by Gasteiger charge is 2.02. The van der Waals surface area contributed by atoms with Gasteiger partial charge in [-0.05, 0) is 6.07 Å². The molecule has 0 fully saturated rings. The third kappa shape index (κ3) is 4.11. The first-order valence-electron chi connectivity index (χ1n) is 4.97. The zero-order valence-corrected chi connectivity index (χ0v) is 9.51. The number of nitrogens with one attached hydrogen (secondary N) is 2. The number of nitrogen functional groups attached to an aromatic ring is 1. The first kappa shape index (κ1) is 14.2. The summed E-state index contributed by atoms with van der Waals surface area (Å²) in [6.45, 7) is 0. The number of hydrogen-bond donors (Lipinski definition) is 3. The summed E-state index contributed by atoms with van der Waals surface area (Å²) in [7, 11) is 0. The lowest BCUT2D eigenvalue weighted by Gasteiger charge is -2.07. The van der Waals surface area contributed by atoms with E-state index >= 15 is 0 Å². The minimum Gasteiger partial charge on any atom is -0.872 e. The number of aromatic amines is 2. The van der Waals surface area contributed by atoms with Crippen molar-refractivity contribution >= 4 is 11.8 Å². The molecule has 0 saturated heterocycles. The number of benzene rings is 1. The highest BCUT2D eigenvalue weighted by Crippen LogP contribution is 2.10. The van der Waals surface area contributed by atoms with Crippen LogP contribution in [0.15, 0.2) is 35.3 Å². The monoisotopic (exact) mass is 267 g/mol. The first-order valence-corrected chi connectivity index (χ1v) is 4.97. The highest BCUT2D eigenvalue weighted by atomic mass is 19.1. The van der Waals surface area contributed by atoms with Gasteiger partial charge in [0, 0.05) is 0 Å². The second kappa shape index (κ2) is 6.15. The molecule has 1 heterocycles. The first-order chi connectivity index (χ1) is 8.91. The maximum absolute atomic E-state index is 12.2. The molecule has 2 rings (SSSR count). The Balaban J connectivity index is 0.000000191. The van der Waals surface area contributed by atoms with Crippen molar-refractivity contribution < 1.29 is 24.4 Å². The van der Waals surface area contributed by atoms with E-state index < -0.39 is 23.2 Å². The molecule has 7 nitrogen and oxygen atoms in total. The average molecular weight is 267 g/mol. The van der Waals surface area contributed by atoms with Crippen molar-refractivity contribution in [3.05, 3.63) is 52.3 Å². The van der Waals surface area contributed by atoms with Crippen molar-refractivity contribution in [2.45, 2.75) is 0 Å². The van der Waals surface area contributed by atoms with Gasteiger partial charge < -0.3 is 15.9 Å². The van der Waals surface area contributed by atoms with Gasteiger partial charge >= 0.3 is 11.7 Å². The summed E-state index contributed by atoms with van der Waals surface area (Å²) >= 11 is 0. The molecular formula is C11H10FN3O4. The van der Waals surface area contributed by atoms with Crippen LogP contribution >= 0.6 is 0 Å². The van der Waals surface area contributed by atoms with E-state index in [0.717, 1.165) is 6.20 Å². The van der Waals surface area contributed by atoms with E-state index in [4.69, 9.17) is 10.8 Å². The van der Waals surface area contributed by atoms with Gasteiger partial charge in [0.25, 0.3) is 0 Å². The smallest absolute Gasteiger partial charge is 0.495 e. The molecule has 0 spiro atoms. The van der Waals surface area contributed by atoms with Crippen LogP contribution in [0, 0.1) is 5.82 Å². The fraction of sp³-hybridized carbons (Fsp3) is 0. The summed E-state index contributed by atoms with van der Waals surface area (Å²) < 4.78 is 12.2. The molecule has 0 unspecified atom stereocenters. The number of aromatic nitrogens is 2. The molecular weight excluding hydrogens is 257 g/mol. The predicted molar refractivity (Wildman–Crippen MR) is 60.8 cm³/mol. The number of para-hydroxylation sites is 1. The van der Waals surface area contributed by atoms with Gasteiger partial charge in [-0.15, -0.1) is 0 Å². The fourth-order valence-electron chi connectivity index (χ4n) is 1.07. The van der Waals surface area contributed by atoms with Crippen molar-refractivity contribution in [1.82, 2.24) is 4.98 Å². The number of halogens is 1. The van der Waals surface area contributed by atoms with Crippen LogP contribution in [-0.2, 0) is 0 Å². The molecule has 19 heavy (non-hydrogen) atoms. The fourth-order valence-corrected chi connectivity index (χ4v) is 1.07. The Morgan fingerprint density at radius 1 is 1.42 bits per heavy atom. The van der Waals surface area contributed by atoms with Gasteiger partial charge in [-0.25, -0.2) is 9.78 Å². The van der Waals surface area contributed by atoms with E-state index in [1.807, 2.05) is 4.98 Å². The molecule has 2 aromatic rings. The van der Waals surface area contributed by atoms with Crippen LogP contribution in [0.2, 0.25) is 0 Å². The normalized spacial score (nSPS) is 9.32. The summed E-state index contributed by atoms with van der Waals surface area (Å²) in [4.78, 5) is 24.6. The Morgan fingerprint density at radius 2 is 2.05 bits per heavy atom. The molecule has 0 radical (unpaired) electrons. The van der Waals surface area contributed by atoms with Gasteiger partial charge in [0.2, 0.25) is 11.6 Å². The largest absolute Gasteiger partial charge is 0.872 e. The van der Waals surface area contributed by atoms with Crippen molar-refractivity contribution in [3.8, 4) is 5.75 Å². The summed E-state index contributed by atoms with van der Waals surface area (Å²) in [5.74, 6) is -2.53. The van der Waals surface area contributed by atoms with E-state index in [-0.39, 0.29) is 11.4 Å².